The van der Waals surface area contributed by atoms with Crippen LogP contribution in [0.4, 0.5) is 0 Å². The van der Waals surface area contributed by atoms with E-state index >= 15 is 0 Å². The lowest BCUT2D eigenvalue weighted by molar-refractivity contribution is 0.0818. The lowest BCUT2D eigenvalue weighted by Gasteiger charge is -2.13. The highest BCUT2D eigenvalue weighted by Crippen LogP contribution is 2.15. The number of benzene rings is 2. The summed E-state index contributed by atoms with van der Waals surface area (Å²) >= 11 is 0. The Hall–Kier alpha value is -2.60. The molecule has 0 saturated heterocycles. The van der Waals surface area contributed by atoms with E-state index in [0.717, 1.165) is 0 Å². The molecule has 3 heteroatoms. The fourth-order valence-electron chi connectivity index (χ4n) is 1.70. The summed E-state index contributed by atoms with van der Waals surface area (Å²) in [7, 11) is 0. The van der Waals surface area contributed by atoms with Crippen molar-refractivity contribution in [2.24, 2.45) is 0 Å². The van der Waals surface area contributed by atoms with Crippen LogP contribution in [0.15, 0.2) is 54.6 Å². The second-order valence-electron chi connectivity index (χ2n) is 4.13. The molecular formula is C16H13NO2. The highest BCUT2D eigenvalue weighted by molar-refractivity contribution is 5.99. The molecular weight excluding hydrogens is 238 g/mol. The molecule has 2 rings (SSSR count). The normalized spacial score (nSPS) is 11.4. The molecule has 0 aliphatic heterocycles. The number of ketones is 1. The van der Waals surface area contributed by atoms with Crippen LogP contribution >= 0.6 is 0 Å². The molecule has 0 aliphatic carbocycles. The van der Waals surface area contributed by atoms with Crippen LogP contribution < -0.4 is 4.74 Å². The van der Waals surface area contributed by atoms with E-state index in [1.54, 1.807) is 43.3 Å². The number of hydrogen-bond donors (Lipinski definition) is 0. The third-order valence-corrected chi connectivity index (χ3v) is 2.72. The van der Waals surface area contributed by atoms with E-state index in [0.29, 0.717) is 16.9 Å². The molecule has 3 nitrogen and oxygen atoms in total. The van der Waals surface area contributed by atoms with E-state index in [4.69, 9.17) is 10.00 Å². The van der Waals surface area contributed by atoms with Crippen LogP contribution in [0.5, 0.6) is 5.75 Å². The maximum atomic E-state index is 12.1. The Bertz CT molecular complexity index is 597. The minimum atomic E-state index is -0.560. The van der Waals surface area contributed by atoms with Crippen molar-refractivity contribution in [2.45, 2.75) is 13.0 Å². The van der Waals surface area contributed by atoms with Gasteiger partial charge in [0.2, 0.25) is 5.78 Å². The Labute approximate surface area is 112 Å². The van der Waals surface area contributed by atoms with Gasteiger partial charge in [0.15, 0.2) is 6.10 Å². The van der Waals surface area contributed by atoms with Gasteiger partial charge in [0.05, 0.1) is 11.6 Å². The number of Topliss-reactive ketones (excluding diaryl/α,β-unsaturated/α-hetero) is 1. The second kappa shape index (κ2) is 5.83. The Morgan fingerprint density at radius 3 is 2.32 bits per heavy atom. The molecule has 0 saturated carbocycles. The van der Waals surface area contributed by atoms with Crippen LogP contribution in [-0.2, 0) is 0 Å². The first-order chi connectivity index (χ1) is 9.20. The number of carbonyl (C=O) groups excluding carboxylic acids is 1. The van der Waals surface area contributed by atoms with Crippen molar-refractivity contribution in [3.8, 4) is 11.8 Å². The first kappa shape index (κ1) is 12.8. The summed E-state index contributed by atoms with van der Waals surface area (Å²) in [5.74, 6) is 0.515. The highest BCUT2D eigenvalue weighted by atomic mass is 16.5. The standard InChI is InChI=1S/C16H13NO2/c1-12(16(18)14-5-3-2-4-6-14)19-15-9-7-13(11-17)8-10-15/h2-10,12H,1H3/t12-/m0/s1. The third-order valence-electron chi connectivity index (χ3n) is 2.72. The predicted octanol–water partition coefficient (Wildman–Crippen LogP) is 3.21. The first-order valence-electron chi connectivity index (χ1n) is 5.97. The Morgan fingerprint density at radius 1 is 1.11 bits per heavy atom. The Balaban J connectivity index is 2.06. The van der Waals surface area contributed by atoms with Crippen molar-refractivity contribution in [3.63, 3.8) is 0 Å². The molecule has 0 amide bonds. The molecule has 2 aromatic carbocycles. The summed E-state index contributed by atoms with van der Waals surface area (Å²) in [6, 6.07) is 17.8. The van der Waals surface area contributed by atoms with Gasteiger partial charge in [-0.05, 0) is 31.2 Å². The molecule has 0 N–H and O–H groups in total. The lowest BCUT2D eigenvalue weighted by Crippen LogP contribution is -2.23. The molecule has 94 valence electrons. The number of rotatable bonds is 4. The van der Waals surface area contributed by atoms with E-state index in [1.165, 1.54) is 0 Å². The van der Waals surface area contributed by atoms with Crippen molar-refractivity contribution < 1.29 is 9.53 Å². The van der Waals surface area contributed by atoms with Crippen molar-refractivity contribution in [3.05, 3.63) is 65.7 Å². The van der Waals surface area contributed by atoms with E-state index < -0.39 is 6.10 Å². The SMILES string of the molecule is C[C@H](Oc1ccc(C#N)cc1)C(=O)c1ccccc1. The fourth-order valence-corrected chi connectivity index (χ4v) is 1.70. The largest absolute Gasteiger partial charge is 0.483 e. The van der Waals surface area contributed by atoms with Gasteiger partial charge in [0.1, 0.15) is 5.75 Å². The van der Waals surface area contributed by atoms with Crippen LogP contribution in [0.2, 0.25) is 0 Å². The Kier molecular flexibility index (Phi) is 3.94. The zero-order chi connectivity index (χ0) is 13.7. The van der Waals surface area contributed by atoms with Crippen LogP contribution in [0.1, 0.15) is 22.8 Å². The molecule has 0 aliphatic rings. The summed E-state index contributed by atoms with van der Waals surface area (Å²) in [4.78, 5) is 12.1. The minimum Gasteiger partial charge on any atom is -0.483 e. The number of hydrogen-bond acceptors (Lipinski definition) is 3. The van der Waals surface area contributed by atoms with E-state index in [2.05, 4.69) is 0 Å². The molecule has 19 heavy (non-hydrogen) atoms. The average Bonchev–Trinajstić information content (AvgIpc) is 2.48. The molecule has 0 heterocycles. The smallest absolute Gasteiger partial charge is 0.202 e. The molecule has 0 radical (unpaired) electrons. The van der Waals surface area contributed by atoms with Gasteiger partial charge in [0.25, 0.3) is 0 Å². The molecule has 0 unspecified atom stereocenters. The summed E-state index contributed by atoms with van der Waals surface area (Å²) in [6.07, 6.45) is -0.560. The number of ether oxygens (including phenoxy) is 1. The Morgan fingerprint density at radius 2 is 1.74 bits per heavy atom. The topological polar surface area (TPSA) is 50.1 Å². The van der Waals surface area contributed by atoms with Gasteiger partial charge < -0.3 is 4.74 Å². The van der Waals surface area contributed by atoms with Gasteiger partial charge in [-0.2, -0.15) is 5.26 Å². The number of nitrogens with zero attached hydrogens (tertiary/aromatic N) is 1. The van der Waals surface area contributed by atoms with E-state index in [1.807, 2.05) is 24.3 Å². The summed E-state index contributed by atoms with van der Waals surface area (Å²) in [5.41, 5.74) is 1.19. The first-order valence-corrected chi connectivity index (χ1v) is 5.97. The molecule has 0 bridgehead atoms. The summed E-state index contributed by atoms with van der Waals surface area (Å²) in [6.45, 7) is 1.72. The molecule has 2 aromatic rings. The molecule has 0 fully saturated rings. The zero-order valence-corrected chi connectivity index (χ0v) is 10.5. The lowest BCUT2D eigenvalue weighted by atomic mass is 10.1. The minimum absolute atomic E-state index is 0.0649. The third kappa shape index (κ3) is 3.20. The van der Waals surface area contributed by atoms with Gasteiger partial charge in [-0.15, -0.1) is 0 Å². The maximum Gasteiger partial charge on any atom is 0.202 e. The second-order valence-corrected chi connectivity index (χ2v) is 4.13. The predicted molar refractivity (Wildman–Crippen MR) is 72.0 cm³/mol. The van der Waals surface area contributed by atoms with Crippen molar-refractivity contribution in [1.29, 1.82) is 5.26 Å². The van der Waals surface area contributed by atoms with E-state index in [9.17, 15) is 4.79 Å². The van der Waals surface area contributed by atoms with Gasteiger partial charge in [-0.1, -0.05) is 30.3 Å². The molecule has 0 aromatic heterocycles. The van der Waals surface area contributed by atoms with Crippen molar-refractivity contribution in [2.75, 3.05) is 0 Å². The zero-order valence-electron chi connectivity index (χ0n) is 10.5. The average molecular weight is 251 g/mol. The quantitative estimate of drug-likeness (QED) is 0.784. The molecule has 1 atom stereocenters. The number of carbonyl (C=O) groups is 1. The fraction of sp³-hybridized carbons (Fsp3) is 0.125. The highest BCUT2D eigenvalue weighted by Gasteiger charge is 2.16. The summed E-state index contributed by atoms with van der Waals surface area (Å²) in [5, 5.41) is 8.70. The van der Waals surface area contributed by atoms with E-state index in [-0.39, 0.29) is 5.78 Å². The molecule has 0 spiro atoms. The van der Waals surface area contributed by atoms with Crippen molar-refractivity contribution >= 4 is 5.78 Å². The van der Waals surface area contributed by atoms with Crippen LogP contribution in [0.3, 0.4) is 0 Å². The van der Waals surface area contributed by atoms with Crippen LogP contribution in [0.25, 0.3) is 0 Å². The van der Waals surface area contributed by atoms with Gasteiger partial charge in [-0.3, -0.25) is 4.79 Å². The van der Waals surface area contributed by atoms with Crippen LogP contribution in [0, 0.1) is 11.3 Å². The number of nitriles is 1. The van der Waals surface area contributed by atoms with Gasteiger partial charge in [0, 0.05) is 5.56 Å². The van der Waals surface area contributed by atoms with Crippen LogP contribution in [-0.4, -0.2) is 11.9 Å². The monoisotopic (exact) mass is 251 g/mol. The van der Waals surface area contributed by atoms with Gasteiger partial charge in [-0.25, -0.2) is 0 Å². The van der Waals surface area contributed by atoms with Gasteiger partial charge >= 0.3 is 0 Å². The van der Waals surface area contributed by atoms with Crippen molar-refractivity contribution in [1.82, 2.24) is 0 Å². The maximum absolute atomic E-state index is 12.1. The summed E-state index contributed by atoms with van der Waals surface area (Å²) < 4.78 is 5.57.